The number of benzene rings is 1. The zero-order chi connectivity index (χ0) is 20.3. The van der Waals surface area contributed by atoms with Gasteiger partial charge < -0.3 is 14.9 Å². The van der Waals surface area contributed by atoms with E-state index in [4.69, 9.17) is 4.55 Å². The minimum Gasteiger partial charge on any atom is -0.421 e. The second-order valence-electron chi connectivity index (χ2n) is 7.44. The lowest BCUT2D eigenvalue weighted by molar-refractivity contribution is -0.151. The summed E-state index contributed by atoms with van der Waals surface area (Å²) in [5.74, 6) is -4.26. The first kappa shape index (κ1) is 20.7. The zero-order valence-corrected chi connectivity index (χ0v) is 15.3. The van der Waals surface area contributed by atoms with Gasteiger partial charge in [0.25, 0.3) is 0 Å². The smallest absolute Gasteiger partial charge is 0.421 e. The molecule has 0 aliphatic heterocycles. The lowest BCUT2D eigenvalue weighted by Crippen LogP contribution is -2.45. The van der Waals surface area contributed by atoms with E-state index in [0.717, 1.165) is 0 Å². The van der Waals surface area contributed by atoms with Crippen LogP contribution in [-0.2, 0) is 14.9 Å². The normalized spacial score (nSPS) is 21.0. The summed E-state index contributed by atoms with van der Waals surface area (Å²) in [6, 6.07) is 4.24. The molecule has 146 valence electrons. The summed E-state index contributed by atoms with van der Waals surface area (Å²) in [5, 5.41) is 15.8. The molecule has 2 bridgehead atoms. The summed E-state index contributed by atoms with van der Waals surface area (Å²) >= 11 is 0. The van der Waals surface area contributed by atoms with Crippen molar-refractivity contribution in [3.05, 3.63) is 29.3 Å². The Morgan fingerprint density at radius 3 is 2.00 bits per heavy atom. The van der Waals surface area contributed by atoms with Gasteiger partial charge in [-0.2, -0.15) is 17.2 Å². The van der Waals surface area contributed by atoms with Crippen molar-refractivity contribution in [3.63, 3.8) is 0 Å². The first-order valence-corrected chi connectivity index (χ1v) is 9.07. The quantitative estimate of drug-likeness (QED) is 0.395. The summed E-state index contributed by atoms with van der Waals surface area (Å²) in [6.45, 7) is 5.94. The molecule has 0 radical (unpaired) electrons. The number of hydrogen-bond donors (Lipinski definition) is 3. The van der Waals surface area contributed by atoms with Crippen molar-refractivity contribution in [1.29, 1.82) is 0 Å². The van der Waals surface area contributed by atoms with E-state index in [1.165, 1.54) is 39.8 Å². The van der Waals surface area contributed by atoms with Crippen LogP contribution in [0.25, 0.3) is 0 Å². The molecule has 0 amide bonds. The summed E-state index contributed by atoms with van der Waals surface area (Å²) in [6.07, 6.45) is 0. The molecule has 1 aromatic carbocycles. The molecule has 2 atom stereocenters. The Hall–Kier alpha value is -1.62. The van der Waals surface area contributed by atoms with Crippen LogP contribution in [-0.4, -0.2) is 45.6 Å². The topological polar surface area (TPSA) is 121 Å². The Balaban J connectivity index is 2.52. The predicted molar refractivity (Wildman–Crippen MR) is 86.7 cm³/mol. The van der Waals surface area contributed by atoms with E-state index in [1.54, 1.807) is 6.07 Å². The van der Waals surface area contributed by atoms with E-state index in [2.05, 4.69) is 4.74 Å². The number of hydrogen-bond acceptors (Lipinski definition) is 6. The van der Waals surface area contributed by atoms with Crippen molar-refractivity contribution >= 4 is 16.1 Å². The molecule has 0 saturated heterocycles. The maximum absolute atomic E-state index is 13.5. The second-order valence-corrected chi connectivity index (χ2v) is 8.90. The molecule has 0 saturated carbocycles. The SMILES string of the molecule is CC(C)(O)C1c2ccc(c(OC(=O)C(F)(F)S(=O)(=O)O)c2)C1C(C)(C)O. The van der Waals surface area contributed by atoms with Crippen molar-refractivity contribution in [2.75, 3.05) is 0 Å². The van der Waals surface area contributed by atoms with Crippen LogP contribution in [0.5, 0.6) is 5.75 Å². The second kappa shape index (κ2) is 5.95. The third-order valence-electron chi connectivity index (χ3n) is 4.35. The summed E-state index contributed by atoms with van der Waals surface area (Å²) in [4.78, 5) is 11.6. The molecule has 7 nitrogen and oxygen atoms in total. The molecule has 26 heavy (non-hydrogen) atoms. The average Bonchev–Trinajstić information content (AvgIpc) is 2.43. The Morgan fingerprint density at radius 2 is 1.58 bits per heavy atom. The lowest BCUT2D eigenvalue weighted by Gasteiger charge is -2.46. The van der Waals surface area contributed by atoms with Crippen LogP contribution in [0.4, 0.5) is 8.78 Å². The van der Waals surface area contributed by atoms with Gasteiger partial charge in [0.05, 0.1) is 11.2 Å². The molecular formula is C16H20F2O7S. The monoisotopic (exact) mass is 394 g/mol. The van der Waals surface area contributed by atoms with E-state index in [1.807, 2.05) is 0 Å². The first-order chi connectivity index (χ1) is 11.5. The Kier molecular flexibility index (Phi) is 4.73. The van der Waals surface area contributed by atoms with Crippen LogP contribution in [0.15, 0.2) is 18.2 Å². The molecule has 2 aliphatic rings. The van der Waals surface area contributed by atoms with Gasteiger partial charge in [-0.15, -0.1) is 0 Å². The Bertz CT molecular complexity index is 835. The predicted octanol–water partition coefficient (Wildman–Crippen LogP) is 1.80. The van der Waals surface area contributed by atoms with Crippen LogP contribution in [0.3, 0.4) is 0 Å². The third-order valence-corrected chi connectivity index (χ3v) is 5.17. The van der Waals surface area contributed by atoms with Gasteiger partial charge in [0, 0.05) is 17.4 Å². The van der Waals surface area contributed by atoms with Crippen LogP contribution in [0.1, 0.15) is 50.7 Å². The van der Waals surface area contributed by atoms with Gasteiger partial charge in [0.1, 0.15) is 5.75 Å². The van der Waals surface area contributed by atoms with E-state index in [9.17, 15) is 32.2 Å². The Morgan fingerprint density at radius 1 is 1.08 bits per heavy atom. The number of halogens is 2. The number of alkyl halides is 2. The van der Waals surface area contributed by atoms with Gasteiger partial charge in [-0.1, -0.05) is 12.1 Å². The Labute approximate surface area is 149 Å². The van der Waals surface area contributed by atoms with Crippen molar-refractivity contribution in [2.45, 2.75) is 56.0 Å². The summed E-state index contributed by atoms with van der Waals surface area (Å²) in [7, 11) is -6.00. The van der Waals surface area contributed by atoms with Crippen LogP contribution >= 0.6 is 0 Å². The van der Waals surface area contributed by atoms with Crippen LogP contribution in [0, 0.1) is 0 Å². The fraction of sp³-hybridized carbons (Fsp3) is 0.562. The van der Waals surface area contributed by atoms with E-state index in [-0.39, 0.29) is 11.3 Å². The lowest BCUT2D eigenvalue weighted by atomic mass is 9.63. The van der Waals surface area contributed by atoms with Crippen molar-refractivity contribution < 1.29 is 41.5 Å². The largest absolute Gasteiger partial charge is 0.466 e. The number of fused-ring (bicyclic) bond motifs is 3. The van der Waals surface area contributed by atoms with Gasteiger partial charge in [-0.3, -0.25) is 4.55 Å². The minimum absolute atomic E-state index is 0.152. The minimum atomic E-state index is -6.00. The molecule has 0 spiro atoms. The molecule has 3 rings (SSSR count). The van der Waals surface area contributed by atoms with Crippen LogP contribution < -0.4 is 4.74 Å². The number of aliphatic hydroxyl groups is 2. The van der Waals surface area contributed by atoms with E-state index < -0.39 is 44.4 Å². The summed E-state index contributed by atoms with van der Waals surface area (Å²) in [5.41, 5.74) is -2.15. The highest BCUT2D eigenvalue weighted by Gasteiger charge is 2.55. The number of esters is 1. The van der Waals surface area contributed by atoms with Gasteiger partial charge >= 0.3 is 21.3 Å². The molecule has 0 fully saturated rings. The molecule has 10 heteroatoms. The van der Waals surface area contributed by atoms with Crippen molar-refractivity contribution in [2.24, 2.45) is 0 Å². The molecule has 0 aromatic heterocycles. The maximum atomic E-state index is 13.5. The van der Waals surface area contributed by atoms with Gasteiger partial charge in [0.15, 0.2) is 0 Å². The van der Waals surface area contributed by atoms with E-state index in [0.29, 0.717) is 5.56 Å². The van der Waals surface area contributed by atoms with Gasteiger partial charge in [-0.05, 0) is 39.3 Å². The molecule has 2 aliphatic carbocycles. The number of carbonyl (C=O) groups excluding carboxylic acids is 1. The summed E-state index contributed by atoms with van der Waals surface area (Å²) < 4.78 is 61.3. The molecule has 1 aromatic rings. The number of rotatable bonds is 5. The molecule has 0 heterocycles. The molecule has 3 N–H and O–H groups in total. The fourth-order valence-corrected chi connectivity index (χ4v) is 3.58. The molecule has 2 unspecified atom stereocenters. The maximum Gasteiger partial charge on any atom is 0.466 e. The highest BCUT2D eigenvalue weighted by Crippen LogP contribution is 2.53. The van der Waals surface area contributed by atoms with E-state index >= 15 is 0 Å². The third kappa shape index (κ3) is 3.46. The highest BCUT2D eigenvalue weighted by atomic mass is 32.2. The molecular weight excluding hydrogens is 374 g/mol. The number of carbonyl (C=O) groups is 1. The van der Waals surface area contributed by atoms with Crippen LogP contribution in [0.2, 0.25) is 0 Å². The van der Waals surface area contributed by atoms with Crippen molar-refractivity contribution in [1.82, 2.24) is 0 Å². The zero-order valence-electron chi connectivity index (χ0n) is 14.5. The van der Waals surface area contributed by atoms with Gasteiger partial charge in [0.2, 0.25) is 0 Å². The van der Waals surface area contributed by atoms with Gasteiger partial charge in [-0.25, -0.2) is 4.79 Å². The van der Waals surface area contributed by atoms with Crippen molar-refractivity contribution in [3.8, 4) is 5.75 Å². The fourth-order valence-electron chi connectivity index (χ4n) is 3.33. The number of ether oxygens (including phenoxy) is 1. The highest BCUT2D eigenvalue weighted by molar-refractivity contribution is 7.87. The average molecular weight is 394 g/mol. The standard InChI is InChI=1S/C16H20F2O7S/c1-14(2,20)11-8-5-6-9(12(11)15(3,4)21)10(7-8)25-13(19)16(17,18)26(22,23)24/h5-7,11-12,20-21H,1-4H3,(H,22,23,24). The first-order valence-electron chi connectivity index (χ1n) is 7.63.